The van der Waals surface area contributed by atoms with E-state index in [1.807, 2.05) is 0 Å². The number of H-pyrrole nitrogens is 1. The number of rotatable bonds is 1. The maximum Gasteiger partial charge on any atom is 0.356 e. The van der Waals surface area contributed by atoms with E-state index < -0.39 is 5.97 Å². The number of ketones is 1. The van der Waals surface area contributed by atoms with Crippen molar-refractivity contribution in [2.45, 2.75) is 6.61 Å². The highest BCUT2D eigenvalue weighted by Gasteiger charge is 2.27. The molecule has 0 saturated carbocycles. The number of Topliss-reactive ketones (excluding diaryl/α,β-unsaturated/α-hetero) is 1. The van der Waals surface area contributed by atoms with Crippen molar-refractivity contribution >= 4 is 11.8 Å². The number of esters is 1. The van der Waals surface area contributed by atoms with Crippen molar-refractivity contribution in [2.24, 2.45) is 0 Å². The van der Waals surface area contributed by atoms with Gasteiger partial charge in [0.2, 0.25) is 5.78 Å². The number of ether oxygens (including phenoxy) is 2. The molecule has 1 N–H and O–H groups in total. The van der Waals surface area contributed by atoms with E-state index in [4.69, 9.17) is 4.74 Å². The Hall–Kier alpha value is -1.69. The van der Waals surface area contributed by atoms with Gasteiger partial charge >= 0.3 is 5.97 Å². The number of fused-ring (bicyclic) bond motifs is 1. The minimum atomic E-state index is -0.544. The molecule has 1 aliphatic rings. The molecule has 0 aromatic carbocycles. The molecule has 74 valence electrons. The normalized spacial score (nSPS) is 15.1. The van der Waals surface area contributed by atoms with Crippen LogP contribution >= 0.6 is 0 Å². The van der Waals surface area contributed by atoms with Crippen molar-refractivity contribution < 1.29 is 19.1 Å². The molecular formula is C8H8N2O4. The Morgan fingerprint density at radius 2 is 2.36 bits per heavy atom. The average molecular weight is 196 g/mol. The van der Waals surface area contributed by atoms with E-state index in [2.05, 4.69) is 14.9 Å². The van der Waals surface area contributed by atoms with Gasteiger partial charge in [-0.2, -0.15) is 5.10 Å². The van der Waals surface area contributed by atoms with Crippen LogP contribution in [0.4, 0.5) is 0 Å². The molecule has 0 atom stereocenters. The van der Waals surface area contributed by atoms with Gasteiger partial charge in [-0.15, -0.1) is 0 Å². The van der Waals surface area contributed by atoms with E-state index in [1.54, 1.807) is 0 Å². The fourth-order valence-electron chi connectivity index (χ4n) is 1.32. The average Bonchev–Trinajstić information content (AvgIpc) is 2.62. The molecule has 0 radical (unpaired) electrons. The molecule has 6 nitrogen and oxygen atoms in total. The van der Waals surface area contributed by atoms with Crippen molar-refractivity contribution in [3.63, 3.8) is 0 Å². The molecule has 0 bridgehead atoms. The lowest BCUT2D eigenvalue weighted by Gasteiger charge is -2.09. The largest absolute Gasteiger partial charge is 0.464 e. The van der Waals surface area contributed by atoms with Crippen molar-refractivity contribution in [1.29, 1.82) is 0 Å². The molecule has 6 heteroatoms. The third-order valence-corrected chi connectivity index (χ3v) is 2.00. The second-order valence-electron chi connectivity index (χ2n) is 2.83. The van der Waals surface area contributed by atoms with Gasteiger partial charge in [0.05, 0.1) is 13.7 Å². The maximum atomic E-state index is 11.3. The highest BCUT2D eigenvalue weighted by atomic mass is 16.5. The number of nitrogens with one attached hydrogen (secondary N) is 1. The molecule has 0 spiro atoms. The molecule has 2 rings (SSSR count). The molecule has 2 heterocycles. The topological polar surface area (TPSA) is 81.3 Å². The van der Waals surface area contributed by atoms with Crippen LogP contribution in [0.1, 0.15) is 26.5 Å². The van der Waals surface area contributed by atoms with Crippen LogP contribution in [0.3, 0.4) is 0 Å². The van der Waals surface area contributed by atoms with Crippen molar-refractivity contribution in [2.75, 3.05) is 13.7 Å². The first-order chi connectivity index (χ1) is 6.74. The smallest absolute Gasteiger partial charge is 0.356 e. The van der Waals surface area contributed by atoms with Gasteiger partial charge in [0.1, 0.15) is 18.0 Å². The number of hydrogen-bond acceptors (Lipinski definition) is 5. The lowest BCUT2D eigenvalue weighted by atomic mass is 10.1. The van der Waals surface area contributed by atoms with Crippen LogP contribution < -0.4 is 0 Å². The summed E-state index contributed by atoms with van der Waals surface area (Å²) >= 11 is 0. The molecule has 1 aromatic rings. The van der Waals surface area contributed by atoms with Gasteiger partial charge in [0.25, 0.3) is 0 Å². The molecule has 0 unspecified atom stereocenters. The lowest BCUT2D eigenvalue weighted by Crippen LogP contribution is -2.19. The Labute approximate surface area is 79.2 Å². The van der Waals surface area contributed by atoms with E-state index in [0.717, 1.165) is 0 Å². The van der Waals surface area contributed by atoms with E-state index >= 15 is 0 Å². The molecular weight excluding hydrogens is 188 g/mol. The standard InChI is InChI=1S/C8H8N2O4/c1-13-8(12)7-4-2-14-3-5(11)6(4)9-10-7/h2-3H2,1H3,(H,9,10). The zero-order valence-corrected chi connectivity index (χ0v) is 7.49. The van der Waals surface area contributed by atoms with Gasteiger partial charge in [-0.3, -0.25) is 9.89 Å². The highest BCUT2D eigenvalue weighted by Crippen LogP contribution is 2.18. The van der Waals surface area contributed by atoms with Crippen LogP contribution in [0.15, 0.2) is 0 Å². The van der Waals surface area contributed by atoms with Crippen LogP contribution in [-0.4, -0.2) is 35.7 Å². The number of carbonyl (C=O) groups is 2. The Morgan fingerprint density at radius 3 is 3.07 bits per heavy atom. The van der Waals surface area contributed by atoms with E-state index in [-0.39, 0.29) is 30.4 Å². The number of hydrogen-bond donors (Lipinski definition) is 1. The van der Waals surface area contributed by atoms with E-state index in [0.29, 0.717) is 5.56 Å². The third-order valence-electron chi connectivity index (χ3n) is 2.00. The second kappa shape index (κ2) is 3.22. The van der Waals surface area contributed by atoms with Crippen molar-refractivity contribution in [1.82, 2.24) is 10.2 Å². The second-order valence-corrected chi connectivity index (χ2v) is 2.83. The molecule has 0 aliphatic carbocycles. The Balaban J connectivity index is 2.45. The predicted octanol–water partition coefficient (Wildman–Crippen LogP) is -0.0908. The lowest BCUT2D eigenvalue weighted by molar-refractivity contribution is 0.0576. The maximum absolute atomic E-state index is 11.3. The minimum absolute atomic E-state index is 0.0124. The number of carbonyl (C=O) groups excluding carboxylic acids is 2. The minimum Gasteiger partial charge on any atom is -0.464 e. The summed E-state index contributed by atoms with van der Waals surface area (Å²) in [4.78, 5) is 22.4. The zero-order valence-electron chi connectivity index (χ0n) is 7.49. The first-order valence-electron chi connectivity index (χ1n) is 4.00. The van der Waals surface area contributed by atoms with Crippen LogP contribution in [0, 0.1) is 0 Å². The summed E-state index contributed by atoms with van der Waals surface area (Å²) in [5, 5.41) is 6.22. The van der Waals surface area contributed by atoms with Gasteiger partial charge in [0, 0.05) is 5.56 Å². The van der Waals surface area contributed by atoms with Gasteiger partial charge in [-0.05, 0) is 0 Å². The number of methoxy groups -OCH3 is 1. The summed E-state index contributed by atoms with van der Waals surface area (Å²) in [5.74, 6) is -0.769. The third kappa shape index (κ3) is 1.20. The molecule has 0 amide bonds. The quantitative estimate of drug-likeness (QED) is 0.635. The van der Waals surface area contributed by atoms with Gasteiger partial charge in [-0.25, -0.2) is 4.79 Å². The zero-order chi connectivity index (χ0) is 10.1. The molecule has 14 heavy (non-hydrogen) atoms. The van der Waals surface area contributed by atoms with Crippen molar-refractivity contribution in [3.05, 3.63) is 17.0 Å². The monoisotopic (exact) mass is 196 g/mol. The molecule has 0 saturated heterocycles. The van der Waals surface area contributed by atoms with E-state index in [1.165, 1.54) is 7.11 Å². The van der Waals surface area contributed by atoms with Gasteiger partial charge in [0.15, 0.2) is 0 Å². The van der Waals surface area contributed by atoms with Crippen LogP contribution in [-0.2, 0) is 16.1 Å². The highest BCUT2D eigenvalue weighted by molar-refractivity contribution is 6.00. The summed E-state index contributed by atoms with van der Waals surface area (Å²) in [7, 11) is 1.26. The summed E-state index contributed by atoms with van der Waals surface area (Å²) in [6.45, 7) is 0.223. The Kier molecular flexibility index (Phi) is 2.05. The first-order valence-corrected chi connectivity index (χ1v) is 4.00. The number of aromatic nitrogens is 2. The Morgan fingerprint density at radius 1 is 1.57 bits per heavy atom. The van der Waals surface area contributed by atoms with Crippen LogP contribution in [0.2, 0.25) is 0 Å². The predicted molar refractivity (Wildman–Crippen MR) is 43.9 cm³/mol. The van der Waals surface area contributed by atoms with Crippen LogP contribution in [0.5, 0.6) is 0 Å². The molecule has 1 aliphatic heterocycles. The van der Waals surface area contributed by atoms with E-state index in [9.17, 15) is 9.59 Å². The van der Waals surface area contributed by atoms with Crippen molar-refractivity contribution in [3.8, 4) is 0 Å². The van der Waals surface area contributed by atoms with Gasteiger partial charge < -0.3 is 9.47 Å². The summed E-state index contributed by atoms with van der Waals surface area (Å²) in [6.07, 6.45) is 0. The first kappa shape index (κ1) is 8.89. The molecule has 1 aromatic heterocycles. The summed E-state index contributed by atoms with van der Waals surface area (Å²) < 4.78 is 9.50. The molecule has 0 fully saturated rings. The number of aromatic amines is 1. The fraction of sp³-hybridized carbons (Fsp3) is 0.375. The fourth-order valence-corrected chi connectivity index (χ4v) is 1.32. The SMILES string of the molecule is COC(=O)c1[nH]nc2c1COCC2=O. The van der Waals surface area contributed by atoms with Gasteiger partial charge in [-0.1, -0.05) is 0 Å². The summed E-state index contributed by atoms with van der Waals surface area (Å²) in [6, 6.07) is 0. The van der Waals surface area contributed by atoms with Crippen LogP contribution in [0.25, 0.3) is 0 Å². The summed E-state index contributed by atoms with van der Waals surface area (Å²) in [5.41, 5.74) is 0.945. The number of nitrogens with zero attached hydrogens (tertiary/aromatic N) is 1. The Bertz CT molecular complexity index is 396.